The van der Waals surface area contributed by atoms with E-state index in [0.717, 1.165) is 0 Å². The third-order valence-electron chi connectivity index (χ3n) is 4.13. The van der Waals surface area contributed by atoms with Crippen LogP contribution in [0.2, 0.25) is 10.0 Å². The number of nitrogens with one attached hydrogen (secondary N) is 1. The van der Waals surface area contributed by atoms with Crippen molar-refractivity contribution in [1.29, 1.82) is 0 Å². The molecule has 1 N–H and O–H groups in total. The van der Waals surface area contributed by atoms with Crippen LogP contribution < -0.4 is 10.2 Å². The minimum atomic E-state index is -0.868. The number of anilines is 1. The molecule has 1 aromatic carbocycles. The number of amides is 2. The molecule has 4 nitrogen and oxygen atoms in total. The first kappa shape index (κ1) is 16.1. The van der Waals surface area contributed by atoms with Crippen LogP contribution in [0, 0.1) is 0 Å². The van der Waals surface area contributed by atoms with E-state index in [9.17, 15) is 9.59 Å². The van der Waals surface area contributed by atoms with E-state index in [4.69, 9.17) is 23.2 Å². The zero-order valence-electron chi connectivity index (χ0n) is 12.2. The van der Waals surface area contributed by atoms with Crippen LogP contribution in [-0.2, 0) is 9.59 Å². The summed E-state index contributed by atoms with van der Waals surface area (Å²) in [4.78, 5) is 26.7. The average Bonchev–Trinajstić information content (AvgIpc) is 2.45. The largest absolute Gasteiger partial charge is 0.340 e. The number of halogens is 2. The molecule has 1 heterocycles. The Balaban J connectivity index is 2.53. The minimum Gasteiger partial charge on any atom is -0.340 e. The lowest BCUT2D eigenvalue weighted by Crippen LogP contribution is -2.69. The fourth-order valence-corrected chi connectivity index (χ4v) is 3.14. The molecule has 1 unspecified atom stereocenters. The molecule has 0 spiro atoms. The molecule has 0 aliphatic carbocycles. The highest BCUT2D eigenvalue weighted by molar-refractivity contribution is 6.37. The molecule has 1 aliphatic heterocycles. The quantitative estimate of drug-likeness (QED) is 0.924. The normalized spacial score (nSPS) is 21.4. The van der Waals surface area contributed by atoms with E-state index in [-0.39, 0.29) is 11.8 Å². The van der Waals surface area contributed by atoms with Crippen LogP contribution >= 0.6 is 23.2 Å². The maximum atomic E-state index is 12.9. The van der Waals surface area contributed by atoms with E-state index < -0.39 is 11.6 Å². The van der Waals surface area contributed by atoms with Crippen molar-refractivity contribution >= 4 is 40.7 Å². The maximum Gasteiger partial charge on any atom is 0.253 e. The molecule has 114 valence electrons. The van der Waals surface area contributed by atoms with Gasteiger partial charge in [-0.25, -0.2) is 0 Å². The van der Waals surface area contributed by atoms with Crippen molar-refractivity contribution in [2.24, 2.45) is 0 Å². The molecule has 2 rings (SSSR count). The monoisotopic (exact) mass is 328 g/mol. The summed E-state index contributed by atoms with van der Waals surface area (Å²) in [6.45, 7) is 5.46. The third-order valence-corrected chi connectivity index (χ3v) is 4.67. The average molecular weight is 329 g/mol. The smallest absolute Gasteiger partial charge is 0.253 e. The molecule has 0 radical (unpaired) electrons. The van der Waals surface area contributed by atoms with E-state index >= 15 is 0 Å². The summed E-state index contributed by atoms with van der Waals surface area (Å²) in [5.74, 6) is -0.312. The summed E-state index contributed by atoms with van der Waals surface area (Å²) in [7, 11) is 0. The van der Waals surface area contributed by atoms with Crippen LogP contribution in [0.25, 0.3) is 0 Å². The Morgan fingerprint density at radius 2 is 1.86 bits per heavy atom. The molecule has 1 atom stereocenters. The maximum absolute atomic E-state index is 12.9. The standard InChI is InChI=1S/C15H18Cl2N2O2/c1-4-15(5-2)14(21)19(9(3)13(20)18-15)12-7-6-10(16)8-11(12)17/h6-9H,4-5H2,1-3H3,(H,18,20). The van der Waals surface area contributed by atoms with Gasteiger partial charge in [0.2, 0.25) is 5.91 Å². The van der Waals surface area contributed by atoms with Gasteiger partial charge in [0.05, 0.1) is 10.7 Å². The van der Waals surface area contributed by atoms with Gasteiger partial charge in [-0.2, -0.15) is 0 Å². The second-order valence-electron chi connectivity index (χ2n) is 5.23. The van der Waals surface area contributed by atoms with E-state index in [1.165, 1.54) is 4.90 Å². The Kier molecular flexibility index (Phi) is 4.49. The van der Waals surface area contributed by atoms with Gasteiger partial charge < -0.3 is 5.32 Å². The van der Waals surface area contributed by atoms with Crippen molar-refractivity contribution < 1.29 is 9.59 Å². The molecular formula is C15H18Cl2N2O2. The van der Waals surface area contributed by atoms with Crippen molar-refractivity contribution in [2.45, 2.75) is 45.2 Å². The zero-order chi connectivity index (χ0) is 15.8. The molecule has 0 aromatic heterocycles. The van der Waals surface area contributed by atoms with Crippen LogP contribution in [0.1, 0.15) is 33.6 Å². The highest BCUT2D eigenvalue weighted by Crippen LogP contribution is 2.35. The van der Waals surface area contributed by atoms with Crippen molar-refractivity contribution in [3.8, 4) is 0 Å². The fourth-order valence-electron chi connectivity index (χ4n) is 2.64. The van der Waals surface area contributed by atoms with Crippen molar-refractivity contribution in [1.82, 2.24) is 5.32 Å². The summed E-state index contributed by atoms with van der Waals surface area (Å²) in [5, 5.41) is 3.71. The van der Waals surface area contributed by atoms with Crippen molar-refractivity contribution in [3.63, 3.8) is 0 Å². The van der Waals surface area contributed by atoms with Crippen LogP contribution in [0.5, 0.6) is 0 Å². The molecule has 1 saturated heterocycles. The van der Waals surface area contributed by atoms with Crippen LogP contribution in [-0.4, -0.2) is 23.4 Å². The SMILES string of the molecule is CCC1(CC)NC(=O)C(C)N(c2ccc(Cl)cc2Cl)C1=O. The van der Waals surface area contributed by atoms with Gasteiger partial charge in [0.15, 0.2) is 0 Å². The first-order chi connectivity index (χ1) is 9.86. The number of nitrogens with zero attached hydrogens (tertiary/aromatic N) is 1. The summed E-state index contributed by atoms with van der Waals surface area (Å²) >= 11 is 12.1. The number of rotatable bonds is 3. The van der Waals surface area contributed by atoms with Crippen LogP contribution in [0.4, 0.5) is 5.69 Å². The molecule has 21 heavy (non-hydrogen) atoms. The highest BCUT2D eigenvalue weighted by atomic mass is 35.5. The van der Waals surface area contributed by atoms with Crippen molar-refractivity contribution in [3.05, 3.63) is 28.2 Å². The van der Waals surface area contributed by atoms with Gasteiger partial charge in [-0.15, -0.1) is 0 Å². The topological polar surface area (TPSA) is 49.4 Å². The third kappa shape index (κ3) is 2.62. The number of piperazine rings is 1. The van der Waals surface area contributed by atoms with E-state index in [0.29, 0.717) is 28.6 Å². The van der Waals surface area contributed by atoms with E-state index in [1.54, 1.807) is 25.1 Å². The summed E-state index contributed by atoms with van der Waals surface area (Å²) < 4.78 is 0. The lowest BCUT2D eigenvalue weighted by Gasteiger charge is -2.44. The number of hydrogen-bond donors (Lipinski definition) is 1. The number of carbonyl (C=O) groups excluding carboxylic acids is 2. The zero-order valence-corrected chi connectivity index (χ0v) is 13.8. The first-order valence-electron chi connectivity index (χ1n) is 6.97. The summed E-state index contributed by atoms with van der Waals surface area (Å²) in [5.41, 5.74) is -0.355. The Hall–Kier alpha value is -1.26. The van der Waals surface area contributed by atoms with Gasteiger partial charge in [0, 0.05) is 5.02 Å². The van der Waals surface area contributed by atoms with Crippen molar-refractivity contribution in [2.75, 3.05) is 4.90 Å². The number of hydrogen-bond acceptors (Lipinski definition) is 2. The Labute approximate surface area is 134 Å². The van der Waals surface area contributed by atoms with Gasteiger partial charge in [-0.1, -0.05) is 37.0 Å². The fraction of sp³-hybridized carbons (Fsp3) is 0.467. The predicted octanol–water partition coefficient (Wildman–Crippen LogP) is 3.40. The molecule has 6 heteroatoms. The number of carbonyl (C=O) groups is 2. The second kappa shape index (κ2) is 5.85. The van der Waals surface area contributed by atoms with Gasteiger partial charge in [0.25, 0.3) is 5.91 Å². The number of benzene rings is 1. The van der Waals surface area contributed by atoms with Crippen LogP contribution in [0.3, 0.4) is 0 Å². The lowest BCUT2D eigenvalue weighted by atomic mass is 9.87. The molecule has 1 aliphatic rings. The lowest BCUT2D eigenvalue weighted by molar-refractivity contribution is -0.138. The highest BCUT2D eigenvalue weighted by Gasteiger charge is 2.48. The molecule has 1 fully saturated rings. The minimum absolute atomic E-state index is 0.135. The Morgan fingerprint density at radius 3 is 2.38 bits per heavy atom. The van der Waals surface area contributed by atoms with Gasteiger partial charge >= 0.3 is 0 Å². The van der Waals surface area contributed by atoms with Gasteiger partial charge in [-0.05, 0) is 38.0 Å². The first-order valence-corrected chi connectivity index (χ1v) is 7.72. The molecule has 0 saturated carbocycles. The molecule has 1 aromatic rings. The summed E-state index contributed by atoms with van der Waals surface area (Å²) in [6, 6.07) is 4.30. The van der Waals surface area contributed by atoms with Gasteiger partial charge in [0.1, 0.15) is 11.6 Å². The molecular weight excluding hydrogens is 311 g/mol. The van der Waals surface area contributed by atoms with E-state index in [2.05, 4.69) is 5.32 Å². The van der Waals surface area contributed by atoms with E-state index in [1.807, 2.05) is 13.8 Å². The van der Waals surface area contributed by atoms with Crippen LogP contribution in [0.15, 0.2) is 18.2 Å². The van der Waals surface area contributed by atoms with Gasteiger partial charge in [-0.3, -0.25) is 14.5 Å². The molecule has 0 bridgehead atoms. The second-order valence-corrected chi connectivity index (χ2v) is 6.07. The Morgan fingerprint density at radius 1 is 1.24 bits per heavy atom. The molecule has 2 amide bonds. The Bertz CT molecular complexity index is 585. The predicted molar refractivity (Wildman–Crippen MR) is 84.9 cm³/mol. The summed E-state index contributed by atoms with van der Waals surface area (Å²) in [6.07, 6.45) is 1.06.